The summed E-state index contributed by atoms with van der Waals surface area (Å²) in [4.78, 5) is 15.1. The summed E-state index contributed by atoms with van der Waals surface area (Å²) in [5, 5.41) is 0. The Balaban J connectivity index is 2.98. The Labute approximate surface area is 61.7 Å². The van der Waals surface area contributed by atoms with Gasteiger partial charge in [-0.25, -0.2) is 5.48 Å². The summed E-state index contributed by atoms with van der Waals surface area (Å²) in [6, 6.07) is 0. The van der Waals surface area contributed by atoms with Crippen LogP contribution in [0.4, 0.5) is 0 Å². The molecule has 0 heterocycles. The number of carbonyl (C=O) groups is 1. The third kappa shape index (κ3) is 7.59. The van der Waals surface area contributed by atoms with E-state index in [1.165, 1.54) is 6.92 Å². The standard InChI is InChI=1S/C7H15NO2/c1-6(2)4-8-10-5-7(3)9/h6,8H,4-5H2,1-3H3. The molecule has 3 heteroatoms. The predicted octanol–water partition coefficient (Wildman–Crippen LogP) is 0.753. The highest BCUT2D eigenvalue weighted by Crippen LogP contribution is 1.86. The van der Waals surface area contributed by atoms with E-state index in [2.05, 4.69) is 19.3 Å². The molecule has 0 aliphatic rings. The average molecular weight is 145 g/mol. The van der Waals surface area contributed by atoms with Gasteiger partial charge in [0, 0.05) is 6.54 Å². The number of rotatable bonds is 5. The fourth-order valence-corrected chi connectivity index (χ4v) is 0.378. The van der Waals surface area contributed by atoms with Crippen LogP contribution in [0.5, 0.6) is 0 Å². The van der Waals surface area contributed by atoms with E-state index >= 15 is 0 Å². The zero-order valence-corrected chi connectivity index (χ0v) is 6.81. The average Bonchev–Trinajstić information content (AvgIpc) is 1.79. The molecule has 10 heavy (non-hydrogen) atoms. The molecular formula is C7H15NO2. The van der Waals surface area contributed by atoms with Crippen LogP contribution in [-0.2, 0) is 9.63 Å². The smallest absolute Gasteiger partial charge is 0.157 e. The number of hydrogen-bond acceptors (Lipinski definition) is 3. The SMILES string of the molecule is CC(=O)CONCC(C)C. The molecule has 0 fully saturated rings. The van der Waals surface area contributed by atoms with Gasteiger partial charge < -0.3 is 0 Å². The molecule has 0 aliphatic heterocycles. The van der Waals surface area contributed by atoms with Crippen LogP contribution in [0.25, 0.3) is 0 Å². The molecule has 0 aromatic heterocycles. The Bertz CT molecular complexity index is 102. The van der Waals surface area contributed by atoms with Crippen LogP contribution in [0.1, 0.15) is 20.8 Å². The molecule has 0 saturated heterocycles. The maximum Gasteiger partial charge on any atom is 0.157 e. The molecule has 60 valence electrons. The highest BCUT2D eigenvalue weighted by molar-refractivity contribution is 5.76. The van der Waals surface area contributed by atoms with Crippen molar-refractivity contribution in [2.24, 2.45) is 5.92 Å². The quantitative estimate of drug-likeness (QED) is 0.458. The lowest BCUT2D eigenvalue weighted by Crippen LogP contribution is -2.22. The van der Waals surface area contributed by atoms with Crippen molar-refractivity contribution >= 4 is 5.78 Å². The van der Waals surface area contributed by atoms with Crippen LogP contribution in [0.15, 0.2) is 0 Å². The molecule has 0 saturated carbocycles. The lowest BCUT2D eigenvalue weighted by molar-refractivity contribution is -0.124. The van der Waals surface area contributed by atoms with E-state index in [4.69, 9.17) is 4.84 Å². The summed E-state index contributed by atoms with van der Waals surface area (Å²) in [5.41, 5.74) is 2.70. The normalized spacial score (nSPS) is 10.4. The summed E-state index contributed by atoms with van der Waals surface area (Å²) < 4.78 is 0. The molecule has 0 aromatic carbocycles. The Morgan fingerprint density at radius 3 is 2.60 bits per heavy atom. The Kier molecular flexibility index (Phi) is 5.16. The van der Waals surface area contributed by atoms with Crippen molar-refractivity contribution in [2.45, 2.75) is 20.8 Å². The minimum Gasteiger partial charge on any atom is -0.297 e. The van der Waals surface area contributed by atoms with Gasteiger partial charge in [0.15, 0.2) is 5.78 Å². The van der Waals surface area contributed by atoms with Gasteiger partial charge in [0.25, 0.3) is 0 Å². The predicted molar refractivity (Wildman–Crippen MR) is 39.5 cm³/mol. The van der Waals surface area contributed by atoms with E-state index in [-0.39, 0.29) is 12.4 Å². The number of hydrogen-bond donors (Lipinski definition) is 1. The highest BCUT2D eigenvalue weighted by atomic mass is 16.6. The van der Waals surface area contributed by atoms with Crippen LogP contribution >= 0.6 is 0 Å². The van der Waals surface area contributed by atoms with Gasteiger partial charge in [-0.15, -0.1) is 0 Å². The number of nitrogens with one attached hydrogen (secondary N) is 1. The van der Waals surface area contributed by atoms with Gasteiger partial charge in [0.1, 0.15) is 6.61 Å². The monoisotopic (exact) mass is 145 g/mol. The maximum atomic E-state index is 10.3. The summed E-state index contributed by atoms with van der Waals surface area (Å²) in [7, 11) is 0. The second-order valence-corrected chi connectivity index (χ2v) is 2.73. The maximum absolute atomic E-state index is 10.3. The van der Waals surface area contributed by atoms with E-state index < -0.39 is 0 Å². The molecule has 0 atom stereocenters. The first-order valence-corrected chi connectivity index (χ1v) is 3.47. The van der Waals surface area contributed by atoms with Crippen molar-refractivity contribution in [3.63, 3.8) is 0 Å². The van der Waals surface area contributed by atoms with Gasteiger partial charge in [-0.05, 0) is 12.8 Å². The molecule has 0 bridgehead atoms. The van der Waals surface area contributed by atoms with Crippen molar-refractivity contribution in [1.29, 1.82) is 0 Å². The summed E-state index contributed by atoms with van der Waals surface area (Å²) in [6.45, 7) is 6.59. The van der Waals surface area contributed by atoms with Crippen molar-refractivity contribution in [1.82, 2.24) is 5.48 Å². The van der Waals surface area contributed by atoms with Crippen LogP contribution < -0.4 is 5.48 Å². The van der Waals surface area contributed by atoms with Gasteiger partial charge in [0.2, 0.25) is 0 Å². The molecule has 0 aromatic rings. The first kappa shape index (κ1) is 9.59. The minimum absolute atomic E-state index is 0.0382. The molecule has 1 N–H and O–H groups in total. The van der Waals surface area contributed by atoms with E-state index in [0.717, 1.165) is 6.54 Å². The number of ketones is 1. The number of carbonyl (C=O) groups excluding carboxylic acids is 1. The van der Waals surface area contributed by atoms with Gasteiger partial charge in [-0.3, -0.25) is 9.63 Å². The fraction of sp³-hybridized carbons (Fsp3) is 0.857. The molecule has 0 unspecified atom stereocenters. The second kappa shape index (κ2) is 5.38. The van der Waals surface area contributed by atoms with E-state index in [1.807, 2.05) is 0 Å². The van der Waals surface area contributed by atoms with E-state index in [1.54, 1.807) is 0 Å². The lowest BCUT2D eigenvalue weighted by Gasteiger charge is -2.05. The van der Waals surface area contributed by atoms with Crippen LogP contribution in [0.3, 0.4) is 0 Å². The van der Waals surface area contributed by atoms with Crippen LogP contribution in [-0.4, -0.2) is 18.9 Å². The summed E-state index contributed by atoms with van der Waals surface area (Å²) in [6.07, 6.45) is 0. The van der Waals surface area contributed by atoms with E-state index in [9.17, 15) is 4.79 Å². The molecule has 0 rings (SSSR count). The first-order chi connectivity index (χ1) is 4.63. The second-order valence-electron chi connectivity index (χ2n) is 2.73. The molecule has 0 aliphatic carbocycles. The lowest BCUT2D eigenvalue weighted by atomic mass is 10.2. The van der Waals surface area contributed by atoms with Crippen molar-refractivity contribution in [3.8, 4) is 0 Å². The Morgan fingerprint density at radius 1 is 1.60 bits per heavy atom. The van der Waals surface area contributed by atoms with Gasteiger partial charge in [0.05, 0.1) is 0 Å². The summed E-state index contributed by atoms with van der Waals surface area (Å²) >= 11 is 0. The Hall–Kier alpha value is -0.410. The zero-order chi connectivity index (χ0) is 7.98. The third-order valence-electron chi connectivity index (χ3n) is 0.869. The van der Waals surface area contributed by atoms with Gasteiger partial charge >= 0.3 is 0 Å². The Morgan fingerprint density at radius 2 is 2.20 bits per heavy atom. The van der Waals surface area contributed by atoms with Crippen molar-refractivity contribution in [2.75, 3.05) is 13.2 Å². The minimum atomic E-state index is 0.0382. The van der Waals surface area contributed by atoms with Crippen LogP contribution in [0.2, 0.25) is 0 Å². The molecule has 0 radical (unpaired) electrons. The molecule has 3 nitrogen and oxygen atoms in total. The zero-order valence-electron chi connectivity index (χ0n) is 6.81. The van der Waals surface area contributed by atoms with Crippen molar-refractivity contribution < 1.29 is 9.63 Å². The van der Waals surface area contributed by atoms with Gasteiger partial charge in [-0.1, -0.05) is 13.8 Å². The highest BCUT2D eigenvalue weighted by Gasteiger charge is 1.94. The van der Waals surface area contributed by atoms with Crippen LogP contribution in [0, 0.1) is 5.92 Å². The number of Topliss-reactive ketones (excluding diaryl/α,β-unsaturated/α-hetero) is 1. The summed E-state index contributed by atoms with van der Waals surface area (Å²) in [5.74, 6) is 0.586. The third-order valence-corrected chi connectivity index (χ3v) is 0.869. The first-order valence-electron chi connectivity index (χ1n) is 3.47. The van der Waals surface area contributed by atoms with Crippen molar-refractivity contribution in [3.05, 3.63) is 0 Å². The number of hydroxylamine groups is 1. The molecule has 0 amide bonds. The van der Waals surface area contributed by atoms with Gasteiger partial charge in [-0.2, -0.15) is 0 Å². The topological polar surface area (TPSA) is 38.3 Å². The largest absolute Gasteiger partial charge is 0.297 e. The fourth-order valence-electron chi connectivity index (χ4n) is 0.378. The molecule has 0 spiro atoms. The molecular weight excluding hydrogens is 130 g/mol. The van der Waals surface area contributed by atoms with E-state index in [0.29, 0.717) is 5.92 Å².